The Kier molecular flexibility index (Phi) is 7.56. The van der Waals surface area contributed by atoms with Gasteiger partial charge in [0.05, 0.1) is 29.4 Å². The van der Waals surface area contributed by atoms with Crippen LogP contribution in [0.2, 0.25) is 0 Å². The van der Waals surface area contributed by atoms with E-state index < -0.39 is 24.5 Å². The summed E-state index contributed by atoms with van der Waals surface area (Å²) in [4.78, 5) is 28.1. The Balaban J connectivity index is 1.22. The zero-order valence-electron chi connectivity index (χ0n) is 21.9. The second-order valence-electron chi connectivity index (χ2n) is 9.65. The lowest BCUT2D eigenvalue weighted by molar-refractivity contribution is -0.137. The molecule has 1 aliphatic carbocycles. The number of benzene rings is 2. The lowest BCUT2D eigenvalue weighted by atomic mass is 9.79. The number of furan rings is 2. The predicted molar refractivity (Wildman–Crippen MR) is 152 cm³/mol. The van der Waals surface area contributed by atoms with Crippen molar-refractivity contribution in [3.8, 4) is 6.07 Å². The number of hydrazone groups is 1. The van der Waals surface area contributed by atoms with E-state index in [1.807, 2.05) is 42.5 Å². The SMILES string of the molecule is N#Cc1ccccc1Sc1ccccc1C(=O)OCC(=O)N1N=C2C(=Cc3ccco3)CCCC2C1c1ccco1. The van der Waals surface area contributed by atoms with Gasteiger partial charge in [0.1, 0.15) is 23.6 Å². The van der Waals surface area contributed by atoms with Crippen molar-refractivity contribution in [1.82, 2.24) is 5.01 Å². The topological polar surface area (TPSA) is 109 Å². The first kappa shape index (κ1) is 26.4. The molecule has 2 unspecified atom stereocenters. The minimum Gasteiger partial charge on any atom is -0.467 e. The molecule has 9 heteroatoms. The first-order valence-electron chi connectivity index (χ1n) is 13.2. The Morgan fingerprint density at radius 2 is 1.80 bits per heavy atom. The summed E-state index contributed by atoms with van der Waals surface area (Å²) in [6.07, 6.45) is 7.78. The van der Waals surface area contributed by atoms with Crippen molar-refractivity contribution in [3.05, 3.63) is 114 Å². The van der Waals surface area contributed by atoms with Crippen LogP contribution < -0.4 is 0 Å². The molecule has 2 aliphatic rings. The van der Waals surface area contributed by atoms with E-state index in [9.17, 15) is 14.9 Å². The molecule has 1 amide bonds. The van der Waals surface area contributed by atoms with E-state index in [0.717, 1.165) is 41.2 Å². The first-order valence-corrected chi connectivity index (χ1v) is 14.1. The van der Waals surface area contributed by atoms with Crippen molar-refractivity contribution >= 4 is 35.4 Å². The Hall–Kier alpha value is -4.81. The molecular weight excluding hydrogens is 538 g/mol. The average Bonchev–Trinajstić information content (AvgIpc) is 3.78. The normalized spacial score (nSPS) is 19.0. The first-order chi connectivity index (χ1) is 20.1. The quantitative estimate of drug-likeness (QED) is 0.226. The summed E-state index contributed by atoms with van der Waals surface area (Å²) in [5.74, 6) is 0.233. The van der Waals surface area contributed by atoms with Crippen molar-refractivity contribution in [3.63, 3.8) is 0 Å². The van der Waals surface area contributed by atoms with Gasteiger partial charge in [-0.15, -0.1) is 0 Å². The summed E-state index contributed by atoms with van der Waals surface area (Å²) >= 11 is 1.30. The highest BCUT2D eigenvalue weighted by Crippen LogP contribution is 2.44. The highest BCUT2D eigenvalue weighted by Gasteiger charge is 2.45. The largest absolute Gasteiger partial charge is 0.467 e. The highest BCUT2D eigenvalue weighted by atomic mass is 32.2. The molecule has 0 spiro atoms. The summed E-state index contributed by atoms with van der Waals surface area (Å²) in [5.41, 5.74) is 2.66. The molecule has 6 rings (SSSR count). The van der Waals surface area contributed by atoms with Gasteiger partial charge in [-0.1, -0.05) is 36.0 Å². The fourth-order valence-electron chi connectivity index (χ4n) is 5.25. The average molecular weight is 564 g/mol. The lowest BCUT2D eigenvalue weighted by Crippen LogP contribution is -2.34. The summed E-state index contributed by atoms with van der Waals surface area (Å²) < 4.78 is 16.8. The maximum Gasteiger partial charge on any atom is 0.339 e. The number of rotatable bonds is 7. The van der Waals surface area contributed by atoms with Crippen molar-refractivity contribution in [2.45, 2.75) is 35.1 Å². The third-order valence-electron chi connectivity index (χ3n) is 7.11. The van der Waals surface area contributed by atoms with Crippen LogP contribution in [-0.4, -0.2) is 29.2 Å². The van der Waals surface area contributed by atoms with Crippen LogP contribution in [0.3, 0.4) is 0 Å². The Morgan fingerprint density at radius 1 is 1.02 bits per heavy atom. The molecule has 4 aromatic rings. The van der Waals surface area contributed by atoms with E-state index in [2.05, 4.69) is 6.07 Å². The number of ether oxygens (including phenoxy) is 1. The minimum atomic E-state index is -0.631. The summed E-state index contributed by atoms with van der Waals surface area (Å²) in [6, 6.07) is 23.2. The lowest BCUT2D eigenvalue weighted by Gasteiger charge is -2.27. The van der Waals surface area contributed by atoms with Crippen molar-refractivity contribution in [2.24, 2.45) is 11.0 Å². The van der Waals surface area contributed by atoms with Gasteiger partial charge in [0.2, 0.25) is 0 Å². The Bertz CT molecular complexity index is 1670. The molecule has 41 heavy (non-hydrogen) atoms. The molecule has 1 fully saturated rings. The summed E-state index contributed by atoms with van der Waals surface area (Å²) in [7, 11) is 0. The van der Waals surface area contributed by atoms with Crippen LogP contribution in [0, 0.1) is 17.2 Å². The molecule has 2 aromatic carbocycles. The van der Waals surface area contributed by atoms with Crippen LogP contribution in [0.5, 0.6) is 0 Å². The fourth-order valence-corrected chi connectivity index (χ4v) is 6.27. The molecule has 0 N–H and O–H groups in total. The Morgan fingerprint density at radius 3 is 2.59 bits per heavy atom. The standard InChI is InChI=1S/C32H25N3O5S/c33-19-22-8-1-3-14-27(22)41-28-15-4-2-11-24(28)32(37)40-20-29(36)35-31(26-13-7-17-39-26)25-12-5-9-21(30(25)34-35)18-23-10-6-16-38-23/h1-4,6-8,10-11,13-18,25,31H,5,9,12,20H2. The third-order valence-corrected chi connectivity index (χ3v) is 8.26. The molecule has 8 nitrogen and oxygen atoms in total. The van der Waals surface area contributed by atoms with Crippen LogP contribution in [0.1, 0.15) is 52.7 Å². The van der Waals surface area contributed by atoms with Crippen molar-refractivity contribution in [2.75, 3.05) is 6.61 Å². The highest BCUT2D eigenvalue weighted by molar-refractivity contribution is 7.99. The van der Waals surface area contributed by atoms with Gasteiger partial charge in [-0.2, -0.15) is 10.4 Å². The summed E-state index contributed by atoms with van der Waals surface area (Å²) in [5, 5.41) is 15.6. The van der Waals surface area contributed by atoms with Crippen molar-refractivity contribution in [1.29, 1.82) is 5.26 Å². The van der Waals surface area contributed by atoms with Gasteiger partial charge in [-0.3, -0.25) is 4.79 Å². The zero-order valence-corrected chi connectivity index (χ0v) is 22.8. The van der Waals surface area contributed by atoms with Gasteiger partial charge < -0.3 is 13.6 Å². The molecule has 1 saturated carbocycles. The van der Waals surface area contributed by atoms with E-state index in [-0.39, 0.29) is 5.92 Å². The van der Waals surface area contributed by atoms with Gasteiger partial charge in [0.15, 0.2) is 6.61 Å². The zero-order chi connectivity index (χ0) is 28.2. The molecule has 1 aliphatic heterocycles. The second kappa shape index (κ2) is 11.7. The number of nitriles is 1. The smallest absolute Gasteiger partial charge is 0.339 e. The van der Waals surface area contributed by atoms with E-state index in [1.54, 1.807) is 48.9 Å². The number of esters is 1. The van der Waals surface area contributed by atoms with Crippen LogP contribution in [0.4, 0.5) is 0 Å². The molecule has 0 bridgehead atoms. The van der Waals surface area contributed by atoms with Gasteiger partial charge in [0, 0.05) is 15.7 Å². The molecule has 2 aromatic heterocycles. The van der Waals surface area contributed by atoms with Crippen LogP contribution in [0.25, 0.3) is 6.08 Å². The molecule has 0 saturated heterocycles. The van der Waals surface area contributed by atoms with E-state index in [4.69, 9.17) is 18.7 Å². The van der Waals surface area contributed by atoms with Gasteiger partial charge in [-0.25, -0.2) is 9.80 Å². The molecule has 0 radical (unpaired) electrons. The number of nitrogens with zero attached hydrogens (tertiary/aromatic N) is 3. The van der Waals surface area contributed by atoms with Gasteiger partial charge in [0.25, 0.3) is 5.91 Å². The number of hydrogen-bond donors (Lipinski definition) is 0. The number of amides is 1. The van der Waals surface area contributed by atoms with Crippen LogP contribution in [-0.2, 0) is 9.53 Å². The van der Waals surface area contributed by atoms with Crippen LogP contribution >= 0.6 is 11.8 Å². The van der Waals surface area contributed by atoms with Gasteiger partial charge in [-0.05, 0) is 79.4 Å². The maximum absolute atomic E-state index is 13.5. The number of hydrogen-bond acceptors (Lipinski definition) is 8. The number of carbonyl (C=O) groups excluding carboxylic acids is 2. The maximum atomic E-state index is 13.5. The molecular formula is C32H25N3O5S. The fraction of sp³-hybridized carbons (Fsp3) is 0.188. The van der Waals surface area contributed by atoms with E-state index in [0.29, 0.717) is 21.8 Å². The molecule has 2 atom stereocenters. The molecule has 3 heterocycles. The number of carbonyl (C=O) groups is 2. The van der Waals surface area contributed by atoms with Crippen LogP contribution in [0.15, 0.2) is 115 Å². The van der Waals surface area contributed by atoms with E-state index >= 15 is 0 Å². The van der Waals surface area contributed by atoms with Crippen molar-refractivity contribution < 1.29 is 23.2 Å². The number of fused-ring (bicyclic) bond motifs is 1. The minimum absolute atomic E-state index is 0.0481. The predicted octanol–water partition coefficient (Wildman–Crippen LogP) is 6.88. The monoisotopic (exact) mass is 563 g/mol. The second-order valence-corrected chi connectivity index (χ2v) is 10.7. The third kappa shape index (κ3) is 5.47. The summed E-state index contributed by atoms with van der Waals surface area (Å²) in [6.45, 7) is -0.482. The Labute approximate surface area is 240 Å². The van der Waals surface area contributed by atoms with Gasteiger partial charge >= 0.3 is 5.97 Å². The number of allylic oxidation sites excluding steroid dienone is 1. The molecule has 204 valence electrons. The van der Waals surface area contributed by atoms with E-state index in [1.165, 1.54) is 16.8 Å².